The Kier molecular flexibility index (Phi) is 4.74. The highest BCUT2D eigenvalue weighted by molar-refractivity contribution is 7.11. The quantitative estimate of drug-likeness (QED) is 0.707. The first-order valence-corrected chi connectivity index (χ1v) is 9.86. The summed E-state index contributed by atoms with van der Waals surface area (Å²) >= 11 is 1.78. The van der Waals surface area contributed by atoms with Crippen LogP contribution in [0.15, 0.2) is 42.5 Å². The van der Waals surface area contributed by atoms with Crippen molar-refractivity contribution in [1.29, 1.82) is 0 Å². The lowest BCUT2D eigenvalue weighted by Gasteiger charge is -2.34. The van der Waals surface area contributed by atoms with Crippen molar-refractivity contribution in [3.8, 4) is 0 Å². The van der Waals surface area contributed by atoms with Crippen LogP contribution in [0, 0.1) is 13.8 Å². The number of benzene rings is 2. The Balaban J connectivity index is 1.43. The van der Waals surface area contributed by atoms with E-state index in [1.54, 1.807) is 11.3 Å². The maximum Gasteiger partial charge on any atom is 0.254 e. The molecule has 26 heavy (non-hydrogen) atoms. The van der Waals surface area contributed by atoms with Crippen LogP contribution in [-0.2, 0) is 6.54 Å². The van der Waals surface area contributed by atoms with E-state index in [1.807, 2.05) is 35.2 Å². The number of piperazine rings is 1. The van der Waals surface area contributed by atoms with E-state index in [1.165, 1.54) is 9.88 Å². The van der Waals surface area contributed by atoms with Gasteiger partial charge in [0, 0.05) is 36.6 Å². The smallest absolute Gasteiger partial charge is 0.254 e. The van der Waals surface area contributed by atoms with E-state index >= 15 is 0 Å². The Hall–Kier alpha value is -2.24. The molecule has 2 aromatic carbocycles. The summed E-state index contributed by atoms with van der Waals surface area (Å²) in [6.07, 6.45) is 0. The molecule has 0 unspecified atom stereocenters. The van der Waals surface area contributed by atoms with Crippen molar-refractivity contribution in [3.63, 3.8) is 0 Å². The standard InChI is InChI=1S/C21H23N3OS/c1-15-16(2)26-20(22-15)14-23-10-12-24(13-11-23)21(25)19-9-5-7-17-6-3-4-8-18(17)19/h3-9H,10-14H2,1-2H3. The summed E-state index contributed by atoms with van der Waals surface area (Å²) in [5, 5.41) is 3.33. The first-order valence-electron chi connectivity index (χ1n) is 9.04. The summed E-state index contributed by atoms with van der Waals surface area (Å²) in [6.45, 7) is 8.40. The van der Waals surface area contributed by atoms with Crippen LogP contribution in [0.3, 0.4) is 0 Å². The first-order chi connectivity index (χ1) is 12.6. The van der Waals surface area contributed by atoms with E-state index in [4.69, 9.17) is 0 Å². The molecule has 0 atom stereocenters. The third-order valence-corrected chi connectivity index (χ3v) is 6.17. The van der Waals surface area contributed by atoms with Gasteiger partial charge in [-0.05, 0) is 30.7 Å². The molecule has 0 saturated carbocycles. The molecule has 1 aliphatic rings. The van der Waals surface area contributed by atoms with Gasteiger partial charge in [-0.2, -0.15) is 0 Å². The molecule has 134 valence electrons. The van der Waals surface area contributed by atoms with Crippen molar-refractivity contribution >= 4 is 28.0 Å². The molecule has 1 saturated heterocycles. The van der Waals surface area contributed by atoms with Crippen LogP contribution >= 0.6 is 11.3 Å². The molecule has 1 aliphatic heterocycles. The summed E-state index contributed by atoms with van der Waals surface area (Å²) in [4.78, 5) is 23.3. The van der Waals surface area contributed by atoms with Crippen LogP contribution in [0.4, 0.5) is 0 Å². The zero-order chi connectivity index (χ0) is 18.1. The molecular weight excluding hydrogens is 342 g/mol. The SMILES string of the molecule is Cc1nc(CN2CCN(C(=O)c3cccc4ccccc34)CC2)sc1C. The summed E-state index contributed by atoms with van der Waals surface area (Å²) < 4.78 is 0. The van der Waals surface area contributed by atoms with Gasteiger partial charge in [-0.3, -0.25) is 9.69 Å². The van der Waals surface area contributed by atoms with Gasteiger partial charge in [0.05, 0.1) is 12.2 Å². The Morgan fingerprint density at radius 3 is 2.50 bits per heavy atom. The highest BCUT2D eigenvalue weighted by Gasteiger charge is 2.23. The number of fused-ring (bicyclic) bond motifs is 1. The average Bonchev–Trinajstić information content (AvgIpc) is 2.98. The molecule has 1 aromatic heterocycles. The second-order valence-corrected chi connectivity index (χ2v) is 8.13. The summed E-state index contributed by atoms with van der Waals surface area (Å²) in [6, 6.07) is 14.1. The van der Waals surface area contributed by atoms with E-state index in [2.05, 4.69) is 35.9 Å². The van der Waals surface area contributed by atoms with Crippen molar-refractivity contribution < 1.29 is 4.79 Å². The van der Waals surface area contributed by atoms with Gasteiger partial charge in [0.25, 0.3) is 5.91 Å². The molecule has 0 aliphatic carbocycles. The minimum Gasteiger partial charge on any atom is -0.336 e. The molecule has 3 aromatic rings. The van der Waals surface area contributed by atoms with Gasteiger partial charge >= 0.3 is 0 Å². The molecule has 0 radical (unpaired) electrons. The summed E-state index contributed by atoms with van der Waals surface area (Å²) in [7, 11) is 0. The highest BCUT2D eigenvalue weighted by atomic mass is 32.1. The van der Waals surface area contributed by atoms with E-state index in [0.717, 1.165) is 54.8 Å². The number of carbonyl (C=O) groups is 1. The van der Waals surface area contributed by atoms with Crippen LogP contribution in [0.2, 0.25) is 0 Å². The highest BCUT2D eigenvalue weighted by Crippen LogP contribution is 2.22. The topological polar surface area (TPSA) is 36.4 Å². The maximum atomic E-state index is 13.0. The van der Waals surface area contributed by atoms with E-state index in [9.17, 15) is 4.79 Å². The van der Waals surface area contributed by atoms with Crippen LogP contribution in [0.1, 0.15) is 25.9 Å². The second kappa shape index (κ2) is 7.17. The fraction of sp³-hybridized carbons (Fsp3) is 0.333. The Morgan fingerprint density at radius 2 is 1.77 bits per heavy atom. The van der Waals surface area contributed by atoms with Gasteiger partial charge in [0.2, 0.25) is 0 Å². The monoisotopic (exact) mass is 365 g/mol. The van der Waals surface area contributed by atoms with E-state index < -0.39 is 0 Å². The van der Waals surface area contributed by atoms with E-state index in [0.29, 0.717) is 0 Å². The third-order valence-electron chi connectivity index (χ3n) is 5.11. The van der Waals surface area contributed by atoms with Crippen molar-refractivity contribution in [2.45, 2.75) is 20.4 Å². The van der Waals surface area contributed by atoms with Crippen molar-refractivity contribution in [3.05, 3.63) is 63.6 Å². The summed E-state index contributed by atoms with van der Waals surface area (Å²) in [5.74, 6) is 0.141. The van der Waals surface area contributed by atoms with Gasteiger partial charge in [-0.1, -0.05) is 36.4 Å². The number of hydrogen-bond donors (Lipinski definition) is 0. The number of amides is 1. The minimum absolute atomic E-state index is 0.141. The third kappa shape index (κ3) is 3.37. The summed E-state index contributed by atoms with van der Waals surface area (Å²) in [5.41, 5.74) is 1.94. The lowest BCUT2D eigenvalue weighted by molar-refractivity contribution is 0.0630. The lowest BCUT2D eigenvalue weighted by atomic mass is 10.0. The van der Waals surface area contributed by atoms with Gasteiger partial charge in [-0.15, -0.1) is 11.3 Å². The fourth-order valence-corrected chi connectivity index (χ4v) is 4.47. The molecular formula is C21H23N3OS. The van der Waals surface area contributed by atoms with Gasteiger partial charge in [0.1, 0.15) is 5.01 Å². The molecule has 5 heteroatoms. The lowest BCUT2D eigenvalue weighted by Crippen LogP contribution is -2.48. The van der Waals surface area contributed by atoms with Crippen molar-refractivity contribution in [1.82, 2.24) is 14.8 Å². The molecule has 2 heterocycles. The number of thiazole rings is 1. The van der Waals surface area contributed by atoms with Crippen LogP contribution in [0.5, 0.6) is 0 Å². The minimum atomic E-state index is 0.141. The number of rotatable bonds is 3. The van der Waals surface area contributed by atoms with Crippen LogP contribution < -0.4 is 0 Å². The maximum absolute atomic E-state index is 13.0. The van der Waals surface area contributed by atoms with Gasteiger partial charge < -0.3 is 4.90 Å². The van der Waals surface area contributed by atoms with Crippen LogP contribution in [0.25, 0.3) is 10.8 Å². The zero-order valence-corrected chi connectivity index (χ0v) is 16.1. The predicted octanol–water partition coefficient (Wildman–Crippen LogP) is 3.87. The number of hydrogen-bond acceptors (Lipinski definition) is 4. The van der Waals surface area contributed by atoms with Gasteiger partial charge in [-0.25, -0.2) is 4.98 Å². The molecule has 1 fully saturated rings. The molecule has 0 N–H and O–H groups in total. The van der Waals surface area contributed by atoms with Crippen molar-refractivity contribution in [2.24, 2.45) is 0 Å². The molecule has 4 nitrogen and oxygen atoms in total. The Labute approximate surface area is 158 Å². The second-order valence-electron chi connectivity index (χ2n) is 6.84. The number of aryl methyl sites for hydroxylation is 2. The van der Waals surface area contributed by atoms with E-state index in [-0.39, 0.29) is 5.91 Å². The predicted molar refractivity (Wildman–Crippen MR) is 107 cm³/mol. The largest absolute Gasteiger partial charge is 0.336 e. The number of nitrogens with zero attached hydrogens (tertiary/aromatic N) is 3. The zero-order valence-electron chi connectivity index (χ0n) is 15.2. The molecule has 0 spiro atoms. The Morgan fingerprint density at radius 1 is 1.04 bits per heavy atom. The molecule has 1 amide bonds. The molecule has 4 rings (SSSR count). The van der Waals surface area contributed by atoms with Gasteiger partial charge in [0.15, 0.2) is 0 Å². The molecule has 0 bridgehead atoms. The number of carbonyl (C=O) groups excluding carboxylic acids is 1. The number of aromatic nitrogens is 1. The normalized spacial score (nSPS) is 15.5. The average molecular weight is 366 g/mol. The van der Waals surface area contributed by atoms with Crippen molar-refractivity contribution in [2.75, 3.05) is 26.2 Å². The van der Waals surface area contributed by atoms with Crippen LogP contribution in [-0.4, -0.2) is 46.9 Å². The first kappa shape index (κ1) is 17.2. The fourth-order valence-electron chi connectivity index (χ4n) is 3.49. The Bertz CT molecular complexity index is 917.